The maximum absolute atomic E-state index is 12.2. The molecule has 1 amide bonds. The summed E-state index contributed by atoms with van der Waals surface area (Å²) in [5.74, 6) is -1.45. The summed E-state index contributed by atoms with van der Waals surface area (Å²) in [5, 5.41) is 12.7. The van der Waals surface area contributed by atoms with Crippen molar-refractivity contribution in [3.8, 4) is 5.75 Å². The molecule has 0 fully saturated rings. The molecule has 2 aromatic rings. The van der Waals surface area contributed by atoms with Gasteiger partial charge in [-0.3, -0.25) is 14.1 Å². The first-order valence-corrected chi connectivity index (χ1v) is 12.0. The molecule has 0 heterocycles. The molecule has 2 rings (SSSR count). The minimum absolute atomic E-state index is 0.0356. The highest BCUT2D eigenvalue weighted by Crippen LogP contribution is 2.31. The van der Waals surface area contributed by atoms with Gasteiger partial charge in [-0.2, -0.15) is 8.42 Å². The van der Waals surface area contributed by atoms with Gasteiger partial charge in [0.15, 0.2) is 0 Å². The van der Waals surface area contributed by atoms with Crippen LogP contribution in [-0.4, -0.2) is 42.4 Å². The Morgan fingerprint density at radius 1 is 1.12 bits per heavy atom. The fraction of sp³-hybridized carbons (Fsp3) is 0.364. The van der Waals surface area contributed by atoms with Gasteiger partial charge < -0.3 is 16.2 Å². The second-order valence-electron chi connectivity index (χ2n) is 7.48. The maximum Gasteiger partial charge on any atom is 0.298 e. The van der Waals surface area contributed by atoms with Gasteiger partial charge >= 0.3 is 0 Å². The Morgan fingerprint density at radius 2 is 1.81 bits per heavy atom. The molecule has 32 heavy (non-hydrogen) atoms. The predicted molar refractivity (Wildman–Crippen MR) is 121 cm³/mol. The summed E-state index contributed by atoms with van der Waals surface area (Å²) in [7, 11) is -4.70. The largest absolute Gasteiger partial charge is 0.506 e. The number of aryl methyl sites for hydroxylation is 1. The van der Waals surface area contributed by atoms with Gasteiger partial charge in [0.1, 0.15) is 16.4 Å². The van der Waals surface area contributed by atoms with E-state index >= 15 is 0 Å². The van der Waals surface area contributed by atoms with E-state index in [1.807, 2.05) is 18.2 Å². The average molecular weight is 483 g/mol. The molecule has 10 heteroatoms. The molecule has 1 atom stereocenters. The first-order valence-electron chi connectivity index (χ1n) is 10.2. The van der Waals surface area contributed by atoms with Crippen LogP contribution >= 0.6 is 11.6 Å². The number of nitrogens with two attached hydrogens (primary N) is 1. The Hall–Kier alpha value is -2.46. The highest BCUT2D eigenvalue weighted by atomic mass is 35.5. The Kier molecular flexibility index (Phi) is 9.64. The van der Waals surface area contributed by atoms with Crippen molar-refractivity contribution in [3.05, 3.63) is 58.6 Å². The first-order chi connectivity index (χ1) is 15.1. The van der Waals surface area contributed by atoms with E-state index in [-0.39, 0.29) is 41.5 Å². The van der Waals surface area contributed by atoms with Gasteiger partial charge in [-0.05, 0) is 43.4 Å². The van der Waals surface area contributed by atoms with Gasteiger partial charge in [0, 0.05) is 30.0 Å². The number of carbonyl (C=O) groups is 2. The quantitative estimate of drug-likeness (QED) is 0.268. The summed E-state index contributed by atoms with van der Waals surface area (Å²) in [4.78, 5) is 23.6. The molecule has 0 saturated carbocycles. The lowest BCUT2D eigenvalue weighted by molar-refractivity contribution is -0.122. The number of carbonyl (C=O) groups excluding carboxylic acids is 2. The SMILES string of the molecule is N[C@@H](CCC(=O)Cc1cc(Cl)cc(S(=O)(=O)O)c1O)C(=O)NCCCCc1ccccc1. The third-order valence-electron chi connectivity index (χ3n) is 4.89. The molecule has 0 unspecified atom stereocenters. The second kappa shape index (κ2) is 12.0. The zero-order chi connectivity index (χ0) is 23.7. The van der Waals surface area contributed by atoms with Crippen LogP contribution in [0, 0.1) is 0 Å². The Labute approximate surface area is 192 Å². The number of rotatable bonds is 12. The molecule has 0 spiro atoms. The van der Waals surface area contributed by atoms with Crippen molar-refractivity contribution in [2.45, 2.75) is 49.5 Å². The highest BCUT2D eigenvalue weighted by Gasteiger charge is 2.21. The molecule has 0 aliphatic heterocycles. The topological polar surface area (TPSA) is 147 Å². The van der Waals surface area contributed by atoms with Crippen molar-refractivity contribution in [2.24, 2.45) is 5.73 Å². The van der Waals surface area contributed by atoms with E-state index in [0.29, 0.717) is 6.54 Å². The van der Waals surface area contributed by atoms with Crippen molar-refractivity contribution >= 4 is 33.4 Å². The number of phenolic OH excluding ortho intramolecular Hbond substituents is 1. The van der Waals surface area contributed by atoms with Crippen LogP contribution in [-0.2, 0) is 32.5 Å². The van der Waals surface area contributed by atoms with Gasteiger partial charge in [0.25, 0.3) is 10.1 Å². The van der Waals surface area contributed by atoms with E-state index in [1.54, 1.807) is 0 Å². The summed E-state index contributed by atoms with van der Waals surface area (Å²) >= 11 is 5.82. The lowest BCUT2D eigenvalue weighted by Gasteiger charge is -2.12. The first kappa shape index (κ1) is 25.8. The molecule has 174 valence electrons. The van der Waals surface area contributed by atoms with Gasteiger partial charge in [0.05, 0.1) is 6.04 Å². The van der Waals surface area contributed by atoms with E-state index < -0.39 is 26.8 Å². The number of hydrogen-bond donors (Lipinski definition) is 4. The van der Waals surface area contributed by atoms with Crippen molar-refractivity contribution in [1.82, 2.24) is 5.32 Å². The number of aromatic hydroxyl groups is 1. The van der Waals surface area contributed by atoms with Gasteiger partial charge in [0.2, 0.25) is 5.91 Å². The van der Waals surface area contributed by atoms with Crippen LogP contribution in [0.4, 0.5) is 0 Å². The lowest BCUT2D eigenvalue weighted by Crippen LogP contribution is -2.41. The average Bonchev–Trinajstić information content (AvgIpc) is 2.73. The minimum atomic E-state index is -4.70. The number of hydrogen-bond acceptors (Lipinski definition) is 6. The molecule has 0 saturated heterocycles. The number of Topliss-reactive ketones (excluding diaryl/α,β-unsaturated/α-hetero) is 1. The van der Waals surface area contributed by atoms with Gasteiger partial charge in [-0.1, -0.05) is 41.9 Å². The molecule has 0 bridgehead atoms. The van der Waals surface area contributed by atoms with E-state index in [4.69, 9.17) is 21.9 Å². The molecule has 5 N–H and O–H groups in total. The third-order valence-corrected chi connectivity index (χ3v) is 5.97. The molecule has 8 nitrogen and oxygen atoms in total. The summed E-state index contributed by atoms with van der Waals surface area (Å²) in [5.41, 5.74) is 7.06. The molecule has 0 aliphatic carbocycles. The van der Waals surface area contributed by atoms with Crippen molar-refractivity contribution in [2.75, 3.05) is 6.54 Å². The van der Waals surface area contributed by atoms with Crippen LogP contribution in [0.5, 0.6) is 5.75 Å². The molecule has 0 radical (unpaired) electrons. The van der Waals surface area contributed by atoms with Crippen LogP contribution in [0.1, 0.15) is 36.8 Å². The number of phenols is 1. The third kappa shape index (κ3) is 8.23. The van der Waals surface area contributed by atoms with E-state index in [9.17, 15) is 23.1 Å². The number of halogens is 1. The minimum Gasteiger partial charge on any atom is -0.506 e. The smallest absolute Gasteiger partial charge is 0.298 e. The van der Waals surface area contributed by atoms with Crippen molar-refractivity contribution in [1.29, 1.82) is 0 Å². The van der Waals surface area contributed by atoms with Crippen molar-refractivity contribution < 1.29 is 27.7 Å². The van der Waals surface area contributed by atoms with Crippen LogP contribution in [0.2, 0.25) is 5.02 Å². The van der Waals surface area contributed by atoms with Crippen molar-refractivity contribution in [3.63, 3.8) is 0 Å². The molecule has 0 aromatic heterocycles. The van der Waals surface area contributed by atoms with Crippen LogP contribution in [0.3, 0.4) is 0 Å². The molecule has 0 aliphatic rings. The van der Waals surface area contributed by atoms with E-state index in [2.05, 4.69) is 17.4 Å². The predicted octanol–water partition coefficient (Wildman–Crippen LogP) is 2.65. The standard InChI is InChI=1S/C22H27ClN2O6S/c23-17-12-16(21(27)20(14-17)32(29,30)31)13-18(26)9-10-19(24)22(28)25-11-5-4-8-15-6-2-1-3-7-15/h1-3,6-7,12,14,19,27H,4-5,8-11,13,24H2,(H,25,28)(H,29,30,31)/t19-/m0/s1. The Bertz CT molecular complexity index is 1040. The zero-order valence-electron chi connectivity index (χ0n) is 17.5. The number of nitrogens with one attached hydrogen (secondary N) is 1. The lowest BCUT2D eigenvalue weighted by atomic mass is 10.0. The number of benzene rings is 2. The summed E-state index contributed by atoms with van der Waals surface area (Å²) < 4.78 is 31.8. The van der Waals surface area contributed by atoms with E-state index in [0.717, 1.165) is 25.3 Å². The van der Waals surface area contributed by atoms with Gasteiger partial charge in [-0.25, -0.2) is 0 Å². The number of amides is 1. The molecular formula is C22H27ClN2O6S. The van der Waals surface area contributed by atoms with E-state index in [1.165, 1.54) is 11.6 Å². The van der Waals surface area contributed by atoms with Gasteiger partial charge in [-0.15, -0.1) is 0 Å². The highest BCUT2D eigenvalue weighted by molar-refractivity contribution is 7.86. The van der Waals surface area contributed by atoms with Crippen LogP contribution < -0.4 is 11.1 Å². The summed E-state index contributed by atoms with van der Waals surface area (Å²) in [6.07, 6.45) is 2.38. The molecular weight excluding hydrogens is 456 g/mol. The monoisotopic (exact) mass is 482 g/mol. The summed E-state index contributed by atoms with van der Waals surface area (Å²) in [6, 6.07) is 11.3. The zero-order valence-corrected chi connectivity index (χ0v) is 19.0. The fourth-order valence-corrected chi connectivity index (χ4v) is 4.11. The Morgan fingerprint density at radius 3 is 2.47 bits per heavy atom. The fourth-order valence-electron chi connectivity index (χ4n) is 3.15. The Balaban J connectivity index is 1.75. The van der Waals surface area contributed by atoms with Crippen LogP contribution in [0.15, 0.2) is 47.4 Å². The normalized spacial score (nSPS) is 12.3. The second-order valence-corrected chi connectivity index (χ2v) is 9.31. The maximum atomic E-state index is 12.2. The van der Waals surface area contributed by atoms with Crippen LogP contribution in [0.25, 0.3) is 0 Å². The molecule has 2 aromatic carbocycles. The summed E-state index contributed by atoms with van der Waals surface area (Å²) in [6.45, 7) is 0.488. The number of unbranched alkanes of at least 4 members (excludes halogenated alkanes) is 1. The number of ketones is 1.